The maximum absolute atomic E-state index is 5.63. The van der Waals surface area contributed by atoms with Gasteiger partial charge in [0.15, 0.2) is 0 Å². The summed E-state index contributed by atoms with van der Waals surface area (Å²) in [5.74, 6) is 0. The first-order valence-electron chi connectivity index (χ1n) is 5.74. The quantitative estimate of drug-likeness (QED) is 0.813. The molecule has 1 heterocycles. The van der Waals surface area contributed by atoms with Gasteiger partial charge >= 0.3 is 0 Å². The number of benzene rings is 1. The molecule has 0 unspecified atom stereocenters. The smallest absolute Gasteiger partial charge is 0.0486 e. The summed E-state index contributed by atoms with van der Waals surface area (Å²) in [4.78, 5) is 0. The average molecular weight is 217 g/mol. The van der Waals surface area contributed by atoms with Gasteiger partial charge in [-0.3, -0.25) is 0 Å². The van der Waals surface area contributed by atoms with Crippen molar-refractivity contribution in [2.24, 2.45) is 11.5 Å². The van der Waals surface area contributed by atoms with E-state index in [1.165, 1.54) is 22.0 Å². The molecule has 3 nitrogen and oxygen atoms in total. The minimum atomic E-state index is 0.666. The van der Waals surface area contributed by atoms with E-state index in [1.54, 1.807) is 0 Å². The average Bonchev–Trinajstić information content (AvgIpc) is 2.58. The fraction of sp³-hybridized carbons (Fsp3) is 0.385. The Bertz CT molecular complexity index is 485. The molecule has 3 heteroatoms. The Kier molecular flexibility index (Phi) is 3.27. The summed E-state index contributed by atoms with van der Waals surface area (Å²) >= 11 is 0. The highest BCUT2D eigenvalue weighted by Crippen LogP contribution is 2.22. The molecule has 16 heavy (non-hydrogen) atoms. The van der Waals surface area contributed by atoms with Crippen molar-refractivity contribution in [1.29, 1.82) is 0 Å². The van der Waals surface area contributed by atoms with Crippen LogP contribution in [0, 0.1) is 6.92 Å². The highest BCUT2D eigenvalue weighted by Gasteiger charge is 2.07. The van der Waals surface area contributed by atoms with Crippen molar-refractivity contribution >= 4 is 10.9 Å². The van der Waals surface area contributed by atoms with Gasteiger partial charge in [0.2, 0.25) is 0 Å². The number of aromatic nitrogens is 1. The molecule has 4 N–H and O–H groups in total. The van der Waals surface area contributed by atoms with Crippen LogP contribution in [-0.4, -0.2) is 17.7 Å². The van der Waals surface area contributed by atoms with Crippen molar-refractivity contribution < 1.29 is 0 Å². The molecule has 0 aliphatic carbocycles. The van der Waals surface area contributed by atoms with Crippen molar-refractivity contribution in [2.75, 3.05) is 13.1 Å². The minimum absolute atomic E-state index is 0.666. The number of rotatable bonds is 4. The molecule has 0 saturated heterocycles. The predicted octanol–water partition coefficient (Wildman–Crippen LogP) is 1.41. The summed E-state index contributed by atoms with van der Waals surface area (Å²) in [6.45, 7) is 4.34. The lowest BCUT2D eigenvalue weighted by Crippen LogP contribution is -2.08. The zero-order valence-corrected chi connectivity index (χ0v) is 9.74. The summed E-state index contributed by atoms with van der Waals surface area (Å²) in [5, 5.41) is 1.31. The standard InChI is InChI=1S/C13H19N3/c1-10-2-3-12-11(4-5-14)9-16(7-6-15)13(12)8-10/h2-3,8-9H,4-7,14-15H2,1H3. The van der Waals surface area contributed by atoms with Crippen LogP contribution in [0.1, 0.15) is 11.1 Å². The van der Waals surface area contributed by atoms with E-state index in [0.29, 0.717) is 13.1 Å². The van der Waals surface area contributed by atoms with Gasteiger partial charge in [-0.25, -0.2) is 0 Å². The van der Waals surface area contributed by atoms with Crippen LogP contribution in [0.3, 0.4) is 0 Å². The van der Waals surface area contributed by atoms with E-state index in [0.717, 1.165) is 13.0 Å². The third kappa shape index (κ3) is 1.96. The van der Waals surface area contributed by atoms with Gasteiger partial charge in [0.25, 0.3) is 0 Å². The zero-order valence-electron chi connectivity index (χ0n) is 9.74. The van der Waals surface area contributed by atoms with Crippen molar-refractivity contribution in [3.63, 3.8) is 0 Å². The molecule has 0 spiro atoms. The van der Waals surface area contributed by atoms with Gasteiger partial charge in [0.1, 0.15) is 0 Å². The molecule has 1 aromatic heterocycles. The van der Waals surface area contributed by atoms with Gasteiger partial charge in [-0.05, 0) is 37.1 Å². The van der Waals surface area contributed by atoms with Crippen LogP contribution >= 0.6 is 0 Å². The summed E-state index contributed by atoms with van der Waals surface area (Å²) in [6.07, 6.45) is 3.11. The number of nitrogens with zero attached hydrogens (tertiary/aromatic N) is 1. The molecule has 0 atom stereocenters. The van der Waals surface area contributed by atoms with Crippen LogP contribution in [0.4, 0.5) is 0 Å². The molecule has 1 aromatic carbocycles. The van der Waals surface area contributed by atoms with E-state index < -0.39 is 0 Å². The second-order valence-electron chi connectivity index (χ2n) is 4.20. The first-order valence-corrected chi connectivity index (χ1v) is 5.74. The van der Waals surface area contributed by atoms with E-state index in [2.05, 4.69) is 35.9 Å². The van der Waals surface area contributed by atoms with Gasteiger partial charge in [-0.15, -0.1) is 0 Å². The molecule has 0 aliphatic heterocycles. The van der Waals surface area contributed by atoms with Crippen LogP contribution in [0.15, 0.2) is 24.4 Å². The lowest BCUT2D eigenvalue weighted by Gasteiger charge is -2.02. The number of fused-ring (bicyclic) bond motifs is 1. The largest absolute Gasteiger partial charge is 0.346 e. The molecule has 0 bridgehead atoms. The van der Waals surface area contributed by atoms with E-state index in [9.17, 15) is 0 Å². The molecular formula is C13H19N3. The molecule has 2 rings (SSSR count). The molecular weight excluding hydrogens is 198 g/mol. The van der Waals surface area contributed by atoms with Crippen LogP contribution in [0.5, 0.6) is 0 Å². The van der Waals surface area contributed by atoms with Gasteiger partial charge in [-0.1, -0.05) is 12.1 Å². The predicted molar refractivity (Wildman–Crippen MR) is 68.5 cm³/mol. The highest BCUT2D eigenvalue weighted by molar-refractivity contribution is 5.84. The van der Waals surface area contributed by atoms with Crippen LogP contribution < -0.4 is 11.5 Å². The van der Waals surface area contributed by atoms with Crippen LogP contribution in [0.2, 0.25) is 0 Å². The normalized spacial score (nSPS) is 11.2. The maximum Gasteiger partial charge on any atom is 0.0486 e. The first-order chi connectivity index (χ1) is 7.76. The summed E-state index contributed by atoms with van der Waals surface area (Å²) in [7, 11) is 0. The van der Waals surface area contributed by atoms with Crippen molar-refractivity contribution in [3.05, 3.63) is 35.5 Å². The Morgan fingerprint density at radius 1 is 1.19 bits per heavy atom. The summed E-state index contributed by atoms with van der Waals surface area (Å²) < 4.78 is 2.23. The Balaban J connectivity index is 2.56. The van der Waals surface area contributed by atoms with Gasteiger partial charge in [0.05, 0.1) is 0 Å². The number of nitrogens with two attached hydrogens (primary N) is 2. The SMILES string of the molecule is Cc1ccc2c(CCN)cn(CCN)c2c1. The molecule has 0 saturated carbocycles. The molecule has 86 valence electrons. The Morgan fingerprint density at radius 3 is 2.69 bits per heavy atom. The highest BCUT2D eigenvalue weighted by atomic mass is 15.0. The summed E-state index contributed by atoms with van der Waals surface area (Å²) in [6, 6.07) is 6.54. The fourth-order valence-corrected chi connectivity index (χ4v) is 2.16. The fourth-order valence-electron chi connectivity index (χ4n) is 2.16. The lowest BCUT2D eigenvalue weighted by molar-refractivity contribution is 0.731. The lowest BCUT2D eigenvalue weighted by atomic mass is 10.1. The van der Waals surface area contributed by atoms with Gasteiger partial charge in [0, 0.05) is 30.2 Å². The molecule has 0 radical (unpaired) electrons. The Hall–Kier alpha value is -1.32. The Morgan fingerprint density at radius 2 is 2.00 bits per heavy atom. The van der Waals surface area contributed by atoms with Crippen LogP contribution in [0.25, 0.3) is 10.9 Å². The number of hydrogen-bond acceptors (Lipinski definition) is 2. The number of hydrogen-bond donors (Lipinski definition) is 2. The topological polar surface area (TPSA) is 57.0 Å². The van der Waals surface area contributed by atoms with E-state index in [4.69, 9.17) is 11.5 Å². The van der Waals surface area contributed by atoms with Crippen molar-refractivity contribution in [1.82, 2.24) is 4.57 Å². The zero-order chi connectivity index (χ0) is 11.5. The van der Waals surface area contributed by atoms with Crippen LogP contribution in [-0.2, 0) is 13.0 Å². The number of aryl methyl sites for hydroxylation is 1. The minimum Gasteiger partial charge on any atom is -0.346 e. The third-order valence-electron chi connectivity index (χ3n) is 2.90. The molecule has 0 aliphatic rings. The van der Waals surface area contributed by atoms with Crippen molar-refractivity contribution in [3.8, 4) is 0 Å². The second-order valence-corrected chi connectivity index (χ2v) is 4.20. The monoisotopic (exact) mass is 217 g/mol. The van der Waals surface area contributed by atoms with Gasteiger partial charge < -0.3 is 16.0 Å². The Labute approximate surface area is 96.0 Å². The van der Waals surface area contributed by atoms with Crippen molar-refractivity contribution in [2.45, 2.75) is 19.9 Å². The first kappa shape index (κ1) is 11.2. The third-order valence-corrected chi connectivity index (χ3v) is 2.90. The van der Waals surface area contributed by atoms with Gasteiger partial charge in [-0.2, -0.15) is 0 Å². The van der Waals surface area contributed by atoms with E-state index in [-0.39, 0.29) is 0 Å². The second kappa shape index (κ2) is 4.68. The molecule has 0 amide bonds. The molecule has 2 aromatic rings. The van der Waals surface area contributed by atoms with E-state index in [1.807, 2.05) is 0 Å². The summed E-state index contributed by atoms with van der Waals surface area (Å²) in [5.41, 5.74) is 15.1. The maximum atomic E-state index is 5.63. The van der Waals surface area contributed by atoms with E-state index >= 15 is 0 Å². The molecule has 0 fully saturated rings.